The van der Waals surface area contributed by atoms with Crippen molar-refractivity contribution < 1.29 is 18.0 Å². The Morgan fingerprint density at radius 3 is 2.72 bits per heavy atom. The predicted octanol–water partition coefficient (Wildman–Crippen LogP) is 4.31. The maximum absolute atomic E-state index is 13.0. The number of hydrogen-bond acceptors (Lipinski definition) is 5. The summed E-state index contributed by atoms with van der Waals surface area (Å²) in [5, 5.41) is 5.87. The molecule has 0 atom stereocenters. The topological polar surface area (TPSA) is 69.8 Å². The van der Waals surface area contributed by atoms with Crippen LogP contribution < -0.4 is 5.56 Å². The first-order valence-corrected chi connectivity index (χ1v) is 9.80. The molecule has 3 heterocycles. The van der Waals surface area contributed by atoms with Gasteiger partial charge in [-0.15, -0.1) is 11.3 Å². The quantitative estimate of drug-likeness (QED) is 0.406. The molecule has 3 aromatic heterocycles. The van der Waals surface area contributed by atoms with Crippen LogP contribution in [0.1, 0.15) is 15.2 Å². The molecule has 0 spiro atoms. The Morgan fingerprint density at radius 1 is 1.24 bits per heavy atom. The molecule has 4 aromatic rings. The fourth-order valence-corrected chi connectivity index (χ4v) is 4.31. The second-order valence-corrected chi connectivity index (χ2v) is 7.81. The summed E-state index contributed by atoms with van der Waals surface area (Å²) in [6, 6.07) is 6.31. The average Bonchev–Trinajstić information content (AvgIpc) is 3.30. The highest BCUT2D eigenvalue weighted by atomic mass is 79.9. The average molecular weight is 483 g/mol. The highest BCUT2D eigenvalue weighted by molar-refractivity contribution is 9.10. The number of aromatic nitrogens is 4. The molecule has 0 bridgehead atoms. The molecule has 0 aliphatic carbocycles. The van der Waals surface area contributed by atoms with Crippen LogP contribution in [0.2, 0.25) is 0 Å². The van der Waals surface area contributed by atoms with E-state index in [-0.39, 0.29) is 29.0 Å². The normalized spacial score (nSPS) is 11.9. The minimum absolute atomic E-state index is 0.1000. The van der Waals surface area contributed by atoms with Gasteiger partial charge in [0.1, 0.15) is 11.7 Å². The third-order valence-electron chi connectivity index (χ3n) is 4.16. The zero-order chi connectivity index (χ0) is 20.8. The summed E-state index contributed by atoms with van der Waals surface area (Å²) in [5.74, 6) is -0.264. The van der Waals surface area contributed by atoms with Crippen LogP contribution >= 0.6 is 27.3 Å². The van der Waals surface area contributed by atoms with Gasteiger partial charge < -0.3 is 0 Å². The van der Waals surface area contributed by atoms with Crippen LogP contribution in [0.5, 0.6) is 0 Å². The van der Waals surface area contributed by atoms with Gasteiger partial charge in [0.25, 0.3) is 5.56 Å². The van der Waals surface area contributed by atoms with Crippen molar-refractivity contribution in [2.45, 2.75) is 12.7 Å². The molecule has 6 nitrogen and oxygen atoms in total. The van der Waals surface area contributed by atoms with Crippen LogP contribution in [0.4, 0.5) is 13.2 Å². The number of fused-ring (bicyclic) bond motifs is 1. The molecule has 0 aliphatic heterocycles. The van der Waals surface area contributed by atoms with Crippen LogP contribution in [-0.2, 0) is 12.7 Å². The van der Waals surface area contributed by atoms with E-state index < -0.39 is 17.3 Å². The van der Waals surface area contributed by atoms with E-state index in [2.05, 4.69) is 26.0 Å². The SMILES string of the molecule is O=C(Cn1cnc2c(cnn2-c2cccc(C(F)(F)F)c2)c1=O)c1sccc1Br. The molecular weight excluding hydrogens is 473 g/mol. The fourth-order valence-electron chi connectivity index (χ4n) is 2.78. The first-order chi connectivity index (χ1) is 13.8. The Kier molecular flexibility index (Phi) is 4.87. The molecule has 0 unspecified atom stereocenters. The highest BCUT2D eigenvalue weighted by Gasteiger charge is 2.30. The Labute approximate surface area is 173 Å². The lowest BCUT2D eigenvalue weighted by atomic mass is 10.2. The number of carbonyl (C=O) groups excluding carboxylic acids is 1. The van der Waals surface area contributed by atoms with E-state index in [1.165, 1.54) is 36.0 Å². The number of thiophene rings is 1. The molecule has 1 aromatic carbocycles. The van der Waals surface area contributed by atoms with Gasteiger partial charge in [0.15, 0.2) is 11.4 Å². The maximum atomic E-state index is 13.0. The second-order valence-electron chi connectivity index (χ2n) is 6.04. The number of halogens is 4. The van der Waals surface area contributed by atoms with Crippen LogP contribution in [0.3, 0.4) is 0 Å². The molecule has 29 heavy (non-hydrogen) atoms. The largest absolute Gasteiger partial charge is 0.416 e. The van der Waals surface area contributed by atoms with E-state index in [4.69, 9.17) is 0 Å². The first kappa shape index (κ1) is 19.5. The summed E-state index contributed by atoms with van der Waals surface area (Å²) < 4.78 is 41.9. The molecule has 4 rings (SSSR count). The summed E-state index contributed by atoms with van der Waals surface area (Å²) in [7, 11) is 0. The van der Waals surface area contributed by atoms with Gasteiger partial charge in [0, 0.05) is 4.47 Å². The van der Waals surface area contributed by atoms with Gasteiger partial charge in [-0.05, 0) is 45.6 Å². The van der Waals surface area contributed by atoms with Crippen molar-refractivity contribution >= 4 is 44.1 Å². The zero-order valence-corrected chi connectivity index (χ0v) is 16.8. The monoisotopic (exact) mass is 482 g/mol. The van der Waals surface area contributed by atoms with Crippen molar-refractivity contribution in [3.8, 4) is 5.69 Å². The zero-order valence-electron chi connectivity index (χ0n) is 14.4. The third-order valence-corrected chi connectivity index (χ3v) is 6.04. The molecule has 11 heteroatoms. The van der Waals surface area contributed by atoms with Gasteiger partial charge in [0.05, 0.1) is 28.9 Å². The van der Waals surface area contributed by atoms with Crippen molar-refractivity contribution in [2.75, 3.05) is 0 Å². The smallest absolute Gasteiger partial charge is 0.291 e. The number of carbonyl (C=O) groups is 1. The third kappa shape index (κ3) is 3.62. The van der Waals surface area contributed by atoms with Gasteiger partial charge in [-0.3, -0.25) is 14.2 Å². The molecule has 0 amide bonds. The van der Waals surface area contributed by atoms with E-state index in [9.17, 15) is 22.8 Å². The van der Waals surface area contributed by atoms with E-state index in [0.717, 1.165) is 21.4 Å². The molecular formula is C18H10BrF3N4O2S. The highest BCUT2D eigenvalue weighted by Crippen LogP contribution is 2.30. The number of rotatable bonds is 4. The summed E-state index contributed by atoms with van der Waals surface area (Å²) in [6.07, 6.45) is -2.08. The molecule has 0 radical (unpaired) electrons. The van der Waals surface area contributed by atoms with Crippen LogP contribution in [0, 0.1) is 0 Å². The lowest BCUT2D eigenvalue weighted by molar-refractivity contribution is -0.137. The van der Waals surface area contributed by atoms with E-state index >= 15 is 0 Å². The minimum Gasteiger partial charge on any atom is -0.291 e. The Hall–Kier alpha value is -2.79. The molecule has 0 N–H and O–H groups in total. The molecule has 0 saturated heterocycles. The van der Waals surface area contributed by atoms with E-state index in [1.54, 1.807) is 11.4 Å². The lowest BCUT2D eigenvalue weighted by Crippen LogP contribution is -2.24. The summed E-state index contributed by atoms with van der Waals surface area (Å²) in [6.45, 7) is -0.213. The number of nitrogens with zero attached hydrogens (tertiary/aromatic N) is 4. The standard InChI is InChI=1S/C18H10BrF3N4O2S/c19-13-4-5-29-15(13)14(27)8-25-9-23-16-12(17(25)28)7-24-26(16)11-3-1-2-10(6-11)18(20,21)22/h1-7,9H,8H2. The van der Waals surface area contributed by atoms with E-state index in [1.807, 2.05) is 0 Å². The lowest BCUT2D eigenvalue weighted by Gasteiger charge is -2.09. The minimum atomic E-state index is -4.50. The molecule has 0 saturated carbocycles. The van der Waals surface area contributed by atoms with E-state index in [0.29, 0.717) is 9.35 Å². The predicted molar refractivity (Wildman–Crippen MR) is 104 cm³/mol. The van der Waals surface area contributed by atoms with Crippen molar-refractivity contribution in [3.63, 3.8) is 0 Å². The number of Topliss-reactive ketones (excluding diaryl/α,β-unsaturated/α-hetero) is 1. The Morgan fingerprint density at radius 2 is 2.03 bits per heavy atom. The number of ketones is 1. The number of alkyl halides is 3. The molecule has 148 valence electrons. The summed E-state index contributed by atoms with van der Waals surface area (Å²) in [4.78, 5) is 29.8. The maximum Gasteiger partial charge on any atom is 0.416 e. The van der Waals surface area contributed by atoms with Gasteiger partial charge in [-0.2, -0.15) is 18.3 Å². The summed E-state index contributed by atoms with van der Waals surface area (Å²) >= 11 is 4.53. The van der Waals surface area contributed by atoms with Crippen LogP contribution in [0.15, 0.2) is 57.5 Å². The van der Waals surface area contributed by atoms with Crippen molar-refractivity contribution in [2.24, 2.45) is 0 Å². The van der Waals surface area contributed by atoms with Gasteiger partial charge >= 0.3 is 6.18 Å². The Balaban J connectivity index is 1.73. The molecule has 0 aliphatic rings. The van der Waals surface area contributed by atoms with Crippen molar-refractivity contribution in [3.05, 3.63) is 73.5 Å². The van der Waals surface area contributed by atoms with Crippen LogP contribution in [-0.4, -0.2) is 25.1 Å². The summed E-state index contributed by atoms with van der Waals surface area (Å²) in [5.41, 5.74) is -1.11. The van der Waals surface area contributed by atoms with Gasteiger partial charge in [-0.25, -0.2) is 9.67 Å². The van der Waals surface area contributed by atoms with Crippen LogP contribution in [0.25, 0.3) is 16.7 Å². The van der Waals surface area contributed by atoms with Gasteiger partial charge in [-0.1, -0.05) is 6.07 Å². The van der Waals surface area contributed by atoms with Crippen molar-refractivity contribution in [1.29, 1.82) is 0 Å². The number of hydrogen-bond donors (Lipinski definition) is 0. The van der Waals surface area contributed by atoms with Crippen molar-refractivity contribution in [1.82, 2.24) is 19.3 Å². The van der Waals surface area contributed by atoms with Gasteiger partial charge in [0.2, 0.25) is 0 Å². The molecule has 0 fully saturated rings. The Bertz CT molecular complexity index is 1290. The number of benzene rings is 1. The first-order valence-electron chi connectivity index (χ1n) is 8.12. The fraction of sp³-hybridized carbons (Fsp3) is 0.111. The second kappa shape index (κ2) is 7.23.